The maximum atomic E-state index is 12.6. The van der Waals surface area contributed by atoms with Crippen molar-refractivity contribution in [2.75, 3.05) is 20.8 Å². The van der Waals surface area contributed by atoms with Crippen LogP contribution in [0.5, 0.6) is 11.5 Å². The van der Waals surface area contributed by atoms with E-state index in [1.54, 1.807) is 25.6 Å². The zero-order chi connectivity index (χ0) is 17.8. The van der Waals surface area contributed by atoms with Gasteiger partial charge in [0.2, 0.25) is 5.91 Å². The van der Waals surface area contributed by atoms with Crippen LogP contribution in [0.15, 0.2) is 36.0 Å². The number of ether oxygens (including phenoxy) is 2. The Morgan fingerprint density at radius 1 is 1.28 bits per heavy atom. The lowest BCUT2D eigenvalue weighted by Gasteiger charge is -2.21. The molecule has 0 atom stereocenters. The number of fused-ring (bicyclic) bond motifs is 1. The van der Waals surface area contributed by atoms with Crippen LogP contribution in [0.3, 0.4) is 0 Å². The largest absolute Gasteiger partial charge is 0.493 e. The highest BCUT2D eigenvalue weighted by molar-refractivity contribution is 7.15. The summed E-state index contributed by atoms with van der Waals surface area (Å²) in [4.78, 5) is 19.9. The first-order chi connectivity index (χ1) is 12.1. The van der Waals surface area contributed by atoms with Crippen molar-refractivity contribution < 1.29 is 14.3 Å². The monoisotopic (exact) mass is 359 g/mol. The van der Waals surface area contributed by atoms with Crippen molar-refractivity contribution in [1.82, 2.24) is 14.3 Å². The highest BCUT2D eigenvalue weighted by Crippen LogP contribution is 2.28. The summed E-state index contributed by atoms with van der Waals surface area (Å²) in [5, 5.41) is 1.98. The topological polar surface area (TPSA) is 56.1 Å². The molecule has 0 spiro atoms. The molecule has 3 rings (SSSR count). The normalized spacial score (nSPS) is 10.8. The number of hydrogen-bond donors (Lipinski definition) is 0. The van der Waals surface area contributed by atoms with Gasteiger partial charge >= 0.3 is 0 Å². The van der Waals surface area contributed by atoms with Crippen molar-refractivity contribution in [3.63, 3.8) is 0 Å². The van der Waals surface area contributed by atoms with Gasteiger partial charge in [-0.25, -0.2) is 4.98 Å². The Balaban J connectivity index is 1.70. The van der Waals surface area contributed by atoms with E-state index in [9.17, 15) is 4.79 Å². The van der Waals surface area contributed by atoms with Gasteiger partial charge < -0.3 is 14.4 Å². The van der Waals surface area contributed by atoms with Crippen molar-refractivity contribution >= 4 is 22.2 Å². The van der Waals surface area contributed by atoms with Gasteiger partial charge in [-0.1, -0.05) is 6.07 Å². The number of thiazole rings is 1. The van der Waals surface area contributed by atoms with Crippen LogP contribution in [0.25, 0.3) is 4.96 Å². The summed E-state index contributed by atoms with van der Waals surface area (Å²) in [5.41, 5.74) is 1.79. The Morgan fingerprint density at radius 2 is 2.08 bits per heavy atom. The molecular formula is C18H21N3O3S. The number of amides is 1. The summed E-state index contributed by atoms with van der Waals surface area (Å²) in [6, 6.07) is 5.71. The van der Waals surface area contributed by atoms with Gasteiger partial charge in [0.15, 0.2) is 16.5 Å². The standard InChI is InChI=1S/C18H21N3O3S/c1-4-20(11-13-5-6-15(23-2)16(9-13)24-3)17(22)10-14-12-21-7-8-25-18(21)19-14/h5-9,12H,4,10-11H2,1-3H3. The predicted molar refractivity (Wildman–Crippen MR) is 97.4 cm³/mol. The van der Waals surface area contributed by atoms with Gasteiger partial charge in [-0.15, -0.1) is 11.3 Å². The van der Waals surface area contributed by atoms with Gasteiger partial charge in [0.05, 0.1) is 26.3 Å². The van der Waals surface area contributed by atoms with Crippen molar-refractivity contribution in [2.24, 2.45) is 0 Å². The Morgan fingerprint density at radius 3 is 2.76 bits per heavy atom. The van der Waals surface area contributed by atoms with Gasteiger partial charge in [0.25, 0.3) is 0 Å². The van der Waals surface area contributed by atoms with Crippen LogP contribution in [-0.2, 0) is 17.8 Å². The van der Waals surface area contributed by atoms with E-state index >= 15 is 0 Å². The Kier molecular flexibility index (Phi) is 5.23. The number of aromatic nitrogens is 2. The molecule has 0 saturated heterocycles. The highest BCUT2D eigenvalue weighted by atomic mass is 32.1. The molecule has 0 aliphatic carbocycles. The quantitative estimate of drug-likeness (QED) is 0.651. The van der Waals surface area contributed by atoms with Crippen LogP contribution in [0, 0.1) is 0 Å². The molecule has 3 aromatic rings. The van der Waals surface area contributed by atoms with Crippen molar-refractivity contribution in [2.45, 2.75) is 19.9 Å². The number of carbonyl (C=O) groups excluding carboxylic acids is 1. The molecule has 6 nitrogen and oxygen atoms in total. The average molecular weight is 359 g/mol. The van der Waals surface area contributed by atoms with Crippen molar-refractivity contribution in [3.8, 4) is 11.5 Å². The minimum Gasteiger partial charge on any atom is -0.493 e. The molecule has 132 valence electrons. The molecule has 0 N–H and O–H groups in total. The molecule has 0 aliphatic heterocycles. The van der Waals surface area contributed by atoms with E-state index in [0.717, 1.165) is 16.2 Å². The van der Waals surface area contributed by atoms with Gasteiger partial charge in [0.1, 0.15) is 0 Å². The van der Waals surface area contributed by atoms with Crippen LogP contribution in [0.1, 0.15) is 18.2 Å². The summed E-state index contributed by atoms with van der Waals surface area (Å²) in [6.45, 7) is 3.14. The summed E-state index contributed by atoms with van der Waals surface area (Å²) >= 11 is 1.56. The van der Waals surface area contributed by atoms with E-state index < -0.39 is 0 Å². The second-order valence-electron chi connectivity index (χ2n) is 5.60. The second-order valence-corrected chi connectivity index (χ2v) is 6.47. The van der Waals surface area contributed by atoms with Crippen LogP contribution in [-0.4, -0.2) is 41.0 Å². The number of carbonyl (C=O) groups is 1. The molecule has 0 saturated carbocycles. The Hall–Kier alpha value is -2.54. The number of nitrogens with zero attached hydrogens (tertiary/aromatic N) is 3. The number of benzene rings is 1. The number of likely N-dealkylation sites (N-methyl/N-ethyl adjacent to an activating group) is 1. The number of methoxy groups -OCH3 is 2. The summed E-state index contributed by atoms with van der Waals surface area (Å²) in [6.07, 6.45) is 4.16. The smallest absolute Gasteiger partial charge is 0.228 e. The van der Waals surface area contributed by atoms with Gasteiger partial charge in [0, 0.05) is 30.9 Å². The third-order valence-electron chi connectivity index (χ3n) is 4.03. The first-order valence-electron chi connectivity index (χ1n) is 8.04. The molecule has 0 bridgehead atoms. The Bertz CT molecular complexity index is 843. The zero-order valence-electron chi connectivity index (χ0n) is 14.6. The van der Waals surface area contributed by atoms with Crippen molar-refractivity contribution in [1.29, 1.82) is 0 Å². The summed E-state index contributed by atoms with van der Waals surface area (Å²) in [5.74, 6) is 1.40. The molecule has 0 aliphatic rings. The first-order valence-corrected chi connectivity index (χ1v) is 8.92. The van der Waals surface area contributed by atoms with E-state index in [2.05, 4.69) is 4.98 Å². The van der Waals surface area contributed by atoms with Crippen LogP contribution >= 0.6 is 11.3 Å². The van der Waals surface area contributed by atoms with Gasteiger partial charge in [-0.2, -0.15) is 0 Å². The van der Waals surface area contributed by atoms with Crippen LogP contribution < -0.4 is 9.47 Å². The maximum Gasteiger partial charge on any atom is 0.228 e. The fraction of sp³-hybridized carbons (Fsp3) is 0.333. The van der Waals surface area contributed by atoms with Gasteiger partial charge in [-0.3, -0.25) is 9.20 Å². The molecule has 0 fully saturated rings. The average Bonchev–Trinajstić information content (AvgIpc) is 3.20. The van der Waals surface area contributed by atoms with E-state index in [0.29, 0.717) is 31.0 Å². The molecule has 1 aromatic carbocycles. The molecule has 2 heterocycles. The lowest BCUT2D eigenvalue weighted by atomic mass is 10.1. The highest BCUT2D eigenvalue weighted by Gasteiger charge is 2.16. The SMILES string of the molecule is CCN(Cc1ccc(OC)c(OC)c1)C(=O)Cc1cn2ccsc2n1. The minimum absolute atomic E-state index is 0.0584. The Labute approximate surface area is 150 Å². The first kappa shape index (κ1) is 17.3. The van der Waals surface area contributed by atoms with E-state index in [1.165, 1.54) is 0 Å². The number of imidazole rings is 1. The fourth-order valence-corrected chi connectivity index (χ4v) is 3.42. The fourth-order valence-electron chi connectivity index (χ4n) is 2.70. The molecular weight excluding hydrogens is 338 g/mol. The van der Waals surface area contributed by atoms with E-state index in [1.807, 2.05) is 52.2 Å². The minimum atomic E-state index is 0.0584. The lowest BCUT2D eigenvalue weighted by Crippen LogP contribution is -2.31. The molecule has 7 heteroatoms. The third-order valence-corrected chi connectivity index (χ3v) is 4.80. The molecule has 2 aromatic heterocycles. The zero-order valence-corrected chi connectivity index (χ0v) is 15.4. The van der Waals surface area contributed by atoms with E-state index in [-0.39, 0.29) is 5.91 Å². The number of hydrogen-bond acceptors (Lipinski definition) is 5. The predicted octanol–water partition coefficient (Wildman–Crippen LogP) is 3.00. The lowest BCUT2D eigenvalue weighted by molar-refractivity contribution is -0.130. The molecule has 25 heavy (non-hydrogen) atoms. The third kappa shape index (κ3) is 3.76. The summed E-state index contributed by atoms with van der Waals surface area (Å²) in [7, 11) is 3.21. The maximum absolute atomic E-state index is 12.6. The van der Waals surface area contributed by atoms with Gasteiger partial charge in [-0.05, 0) is 24.6 Å². The van der Waals surface area contributed by atoms with Crippen LogP contribution in [0.4, 0.5) is 0 Å². The molecule has 1 amide bonds. The van der Waals surface area contributed by atoms with Crippen LogP contribution in [0.2, 0.25) is 0 Å². The number of rotatable bonds is 7. The van der Waals surface area contributed by atoms with E-state index in [4.69, 9.17) is 9.47 Å². The summed E-state index contributed by atoms with van der Waals surface area (Å²) < 4.78 is 12.5. The van der Waals surface area contributed by atoms with Crippen molar-refractivity contribution in [3.05, 3.63) is 47.2 Å². The molecule has 0 radical (unpaired) electrons. The molecule has 0 unspecified atom stereocenters. The second kappa shape index (κ2) is 7.57.